The van der Waals surface area contributed by atoms with E-state index in [1.807, 2.05) is 31.2 Å². The first-order chi connectivity index (χ1) is 18.2. The Labute approximate surface area is 232 Å². The Morgan fingerprint density at radius 1 is 0.974 bits per heavy atom. The zero-order valence-electron chi connectivity index (χ0n) is 21.4. The molecule has 1 aliphatic heterocycles. The maximum atomic E-state index is 13.3. The minimum absolute atomic E-state index is 0.0838. The van der Waals surface area contributed by atoms with Crippen molar-refractivity contribution in [3.05, 3.63) is 110 Å². The van der Waals surface area contributed by atoms with Gasteiger partial charge in [-0.3, -0.25) is 9.59 Å². The van der Waals surface area contributed by atoms with Crippen LogP contribution < -0.4 is 5.32 Å². The van der Waals surface area contributed by atoms with Gasteiger partial charge in [0, 0.05) is 29.3 Å². The summed E-state index contributed by atoms with van der Waals surface area (Å²) in [6, 6.07) is 19.7. The van der Waals surface area contributed by atoms with Gasteiger partial charge in [-0.25, -0.2) is 4.79 Å². The van der Waals surface area contributed by atoms with Crippen molar-refractivity contribution in [1.29, 1.82) is 0 Å². The lowest BCUT2D eigenvalue weighted by molar-refractivity contribution is -0.140. The molecule has 4 rings (SSSR count). The van der Waals surface area contributed by atoms with E-state index in [-0.39, 0.29) is 31.4 Å². The van der Waals surface area contributed by atoms with Gasteiger partial charge in [-0.15, -0.1) is 0 Å². The molecular weight excluding hydrogens is 523 g/mol. The third kappa shape index (κ3) is 6.09. The number of carbonyl (C=O) groups is 3. The zero-order chi connectivity index (χ0) is 27.4. The molecule has 0 spiro atoms. The van der Waals surface area contributed by atoms with E-state index in [9.17, 15) is 14.4 Å². The molecule has 3 aromatic carbocycles. The van der Waals surface area contributed by atoms with Gasteiger partial charge in [0.05, 0.1) is 28.8 Å². The van der Waals surface area contributed by atoms with Gasteiger partial charge in [-0.1, -0.05) is 59.1 Å². The molecule has 0 saturated heterocycles. The highest BCUT2D eigenvalue weighted by Crippen LogP contribution is 2.39. The van der Waals surface area contributed by atoms with Gasteiger partial charge >= 0.3 is 5.97 Å². The molecule has 0 aromatic heterocycles. The molecule has 2 amide bonds. The lowest BCUT2D eigenvalue weighted by Gasteiger charge is -2.34. The van der Waals surface area contributed by atoms with Crippen LogP contribution in [0.25, 0.3) is 0 Å². The van der Waals surface area contributed by atoms with Crippen LogP contribution in [0.1, 0.15) is 53.2 Å². The number of hydrogen-bond acceptors (Lipinski definition) is 4. The highest BCUT2D eigenvalue weighted by atomic mass is 35.5. The smallest absolute Gasteiger partial charge is 0.336 e. The summed E-state index contributed by atoms with van der Waals surface area (Å²) in [5, 5.41) is 3.63. The van der Waals surface area contributed by atoms with Gasteiger partial charge in [0.2, 0.25) is 5.91 Å². The second-order valence-corrected chi connectivity index (χ2v) is 9.96. The van der Waals surface area contributed by atoms with E-state index < -0.39 is 11.9 Å². The fourth-order valence-electron chi connectivity index (χ4n) is 4.47. The number of ether oxygens (including phenoxy) is 1. The van der Waals surface area contributed by atoms with Crippen LogP contribution in [-0.2, 0) is 20.9 Å². The molecule has 0 fully saturated rings. The molecule has 0 aliphatic carbocycles. The zero-order valence-corrected chi connectivity index (χ0v) is 22.9. The maximum absolute atomic E-state index is 13.3. The summed E-state index contributed by atoms with van der Waals surface area (Å²) in [5.74, 6) is -1.32. The van der Waals surface area contributed by atoms with Crippen molar-refractivity contribution in [2.24, 2.45) is 0 Å². The quantitative estimate of drug-likeness (QED) is 0.324. The molecule has 1 atom stereocenters. The minimum Gasteiger partial charge on any atom is -0.463 e. The lowest BCUT2D eigenvalue weighted by Crippen LogP contribution is -2.38. The number of hydrogen-bond donors (Lipinski definition) is 1. The van der Waals surface area contributed by atoms with E-state index in [0.29, 0.717) is 32.6 Å². The van der Waals surface area contributed by atoms with E-state index in [2.05, 4.69) is 5.32 Å². The molecule has 3 aromatic rings. The highest BCUT2D eigenvalue weighted by Gasteiger charge is 2.37. The van der Waals surface area contributed by atoms with Crippen molar-refractivity contribution in [1.82, 2.24) is 4.90 Å². The van der Waals surface area contributed by atoms with Crippen molar-refractivity contribution in [3.63, 3.8) is 0 Å². The van der Waals surface area contributed by atoms with Gasteiger partial charge in [0.15, 0.2) is 0 Å². The first-order valence-corrected chi connectivity index (χ1v) is 13.0. The second kappa shape index (κ2) is 11.8. The summed E-state index contributed by atoms with van der Waals surface area (Å²) >= 11 is 12.3. The normalized spacial score (nSPS) is 15.4. The Morgan fingerprint density at radius 2 is 1.66 bits per heavy atom. The molecule has 6 nitrogen and oxygen atoms in total. The molecule has 1 aliphatic rings. The predicted molar refractivity (Wildman–Crippen MR) is 149 cm³/mol. The van der Waals surface area contributed by atoms with Crippen LogP contribution >= 0.6 is 23.2 Å². The topological polar surface area (TPSA) is 75.7 Å². The summed E-state index contributed by atoms with van der Waals surface area (Å²) in [5.41, 5.74) is 4.81. The molecular formula is C30H28Cl2N2O4. The van der Waals surface area contributed by atoms with Gasteiger partial charge in [0.1, 0.15) is 0 Å². The number of esters is 1. The third-order valence-electron chi connectivity index (χ3n) is 6.53. The van der Waals surface area contributed by atoms with Crippen molar-refractivity contribution >= 4 is 46.7 Å². The fourth-order valence-corrected chi connectivity index (χ4v) is 4.78. The van der Waals surface area contributed by atoms with Crippen molar-refractivity contribution in [3.8, 4) is 0 Å². The third-order valence-corrected chi connectivity index (χ3v) is 7.27. The summed E-state index contributed by atoms with van der Waals surface area (Å²) in [6.07, 6.45) is 0.0838. The molecule has 8 heteroatoms. The number of aryl methyl sites for hydroxylation is 1. The number of allylic oxidation sites excluding steroid dienone is 1. The Bertz CT molecular complexity index is 1400. The van der Waals surface area contributed by atoms with E-state index >= 15 is 0 Å². The van der Waals surface area contributed by atoms with Gasteiger partial charge in [-0.2, -0.15) is 0 Å². The number of nitrogens with zero attached hydrogens (tertiary/aromatic N) is 1. The first-order valence-electron chi connectivity index (χ1n) is 12.3. The van der Waals surface area contributed by atoms with Crippen LogP contribution in [0.3, 0.4) is 0 Å². The predicted octanol–water partition coefficient (Wildman–Crippen LogP) is 6.91. The van der Waals surface area contributed by atoms with Crippen LogP contribution in [0.4, 0.5) is 5.69 Å². The minimum atomic E-state index is -0.500. The molecule has 1 heterocycles. The molecule has 0 bridgehead atoms. The van der Waals surface area contributed by atoms with Crippen molar-refractivity contribution < 1.29 is 19.1 Å². The molecule has 0 saturated carbocycles. The van der Waals surface area contributed by atoms with Crippen LogP contribution in [0.5, 0.6) is 0 Å². The average Bonchev–Trinajstić information content (AvgIpc) is 2.89. The molecule has 38 heavy (non-hydrogen) atoms. The first kappa shape index (κ1) is 27.4. The summed E-state index contributed by atoms with van der Waals surface area (Å²) in [7, 11) is 0. The highest BCUT2D eigenvalue weighted by molar-refractivity contribution is 6.42. The SMILES string of the molecule is CCOC(=O)C1=C(C)N(Cc2ccc(C(=O)Nc3ccc(C)cc3)cc2)C(=O)C[C@@H]1c1ccc(Cl)c(Cl)c1. The fraction of sp³-hybridized carbons (Fsp3) is 0.233. The number of halogens is 2. The van der Waals surface area contributed by atoms with Gasteiger partial charge < -0.3 is 15.0 Å². The van der Waals surface area contributed by atoms with Gasteiger partial charge in [0.25, 0.3) is 5.91 Å². The Hall–Kier alpha value is -3.61. The van der Waals surface area contributed by atoms with E-state index in [4.69, 9.17) is 27.9 Å². The van der Waals surface area contributed by atoms with Crippen molar-refractivity contribution in [2.45, 2.75) is 39.7 Å². The summed E-state index contributed by atoms with van der Waals surface area (Å²) in [4.78, 5) is 40.5. The molecule has 0 unspecified atom stereocenters. The monoisotopic (exact) mass is 550 g/mol. The van der Waals surface area contributed by atoms with Crippen LogP contribution in [0.2, 0.25) is 10.0 Å². The van der Waals surface area contributed by atoms with Crippen LogP contribution in [0, 0.1) is 6.92 Å². The number of carbonyl (C=O) groups excluding carboxylic acids is 3. The Morgan fingerprint density at radius 3 is 2.29 bits per heavy atom. The second-order valence-electron chi connectivity index (χ2n) is 9.15. The van der Waals surface area contributed by atoms with Crippen LogP contribution in [-0.4, -0.2) is 29.3 Å². The van der Waals surface area contributed by atoms with Crippen LogP contribution in [0.15, 0.2) is 78.0 Å². The largest absolute Gasteiger partial charge is 0.463 e. The number of anilines is 1. The average molecular weight is 551 g/mol. The van der Waals surface area contributed by atoms with E-state index in [1.165, 1.54) is 0 Å². The maximum Gasteiger partial charge on any atom is 0.336 e. The Balaban J connectivity index is 1.57. The number of rotatable bonds is 7. The van der Waals surface area contributed by atoms with Gasteiger partial charge in [-0.05, 0) is 68.3 Å². The van der Waals surface area contributed by atoms with Crippen molar-refractivity contribution in [2.75, 3.05) is 11.9 Å². The summed E-state index contributed by atoms with van der Waals surface area (Å²) < 4.78 is 5.35. The standard InChI is InChI=1S/C30H28Cl2N2O4/c1-4-38-30(37)28-19(3)34(27(35)16-24(28)22-11-14-25(31)26(32)15-22)17-20-7-9-21(10-8-20)29(36)33-23-12-5-18(2)6-13-23/h5-15,24H,4,16-17H2,1-3H3,(H,33,36)/t24-/m1/s1. The lowest BCUT2D eigenvalue weighted by atomic mass is 9.83. The molecule has 1 N–H and O–H groups in total. The molecule has 0 radical (unpaired) electrons. The summed E-state index contributed by atoms with van der Waals surface area (Å²) in [6.45, 7) is 5.93. The van der Waals surface area contributed by atoms with E-state index in [1.54, 1.807) is 61.2 Å². The van der Waals surface area contributed by atoms with E-state index in [0.717, 1.165) is 16.7 Å². The number of nitrogens with one attached hydrogen (secondary N) is 1. The number of amides is 2. The molecule has 196 valence electrons. The number of benzene rings is 3. The Kier molecular flexibility index (Phi) is 8.55.